The zero-order valence-electron chi connectivity index (χ0n) is 12.1. The Hall–Kier alpha value is -2.86. The van der Waals surface area contributed by atoms with Crippen molar-refractivity contribution in [3.05, 3.63) is 59.7 Å². The van der Waals surface area contributed by atoms with E-state index in [2.05, 4.69) is 5.32 Å². The molecule has 0 aliphatic carbocycles. The number of amides is 2. The maximum atomic E-state index is 11.8. The van der Waals surface area contributed by atoms with Crippen molar-refractivity contribution in [1.82, 2.24) is 5.43 Å². The first-order valence-corrected chi connectivity index (χ1v) is 6.69. The fourth-order valence-electron chi connectivity index (χ4n) is 1.85. The zero-order chi connectivity index (χ0) is 15.9. The first-order valence-electron chi connectivity index (χ1n) is 6.69. The summed E-state index contributed by atoms with van der Waals surface area (Å²) in [5.74, 6) is 4.89. The summed E-state index contributed by atoms with van der Waals surface area (Å²) in [6.45, 7) is 1.83. The van der Waals surface area contributed by atoms with E-state index in [4.69, 9.17) is 10.6 Å². The number of carbonyl (C=O) groups is 2. The Labute approximate surface area is 128 Å². The number of aryl methyl sites for hydroxylation is 1. The molecule has 0 aliphatic rings. The van der Waals surface area contributed by atoms with Gasteiger partial charge in [-0.05, 0) is 48.9 Å². The second-order valence-electron chi connectivity index (χ2n) is 4.70. The molecule has 0 radical (unpaired) electrons. The average Bonchev–Trinajstić information content (AvgIpc) is 2.52. The molecule has 0 spiro atoms. The Bertz CT molecular complexity index is 669. The fourth-order valence-corrected chi connectivity index (χ4v) is 1.85. The Morgan fingerprint density at radius 3 is 2.50 bits per heavy atom. The highest BCUT2D eigenvalue weighted by Gasteiger charge is 2.06. The topological polar surface area (TPSA) is 93.4 Å². The molecule has 0 aromatic heterocycles. The molecule has 114 valence electrons. The molecule has 0 aliphatic heterocycles. The van der Waals surface area contributed by atoms with Gasteiger partial charge in [0.1, 0.15) is 5.75 Å². The number of rotatable bonds is 5. The molecule has 0 saturated carbocycles. The van der Waals surface area contributed by atoms with E-state index < -0.39 is 0 Å². The van der Waals surface area contributed by atoms with Crippen LogP contribution < -0.4 is 21.3 Å². The van der Waals surface area contributed by atoms with Gasteiger partial charge in [0, 0.05) is 11.3 Å². The van der Waals surface area contributed by atoms with Crippen LogP contribution in [-0.4, -0.2) is 18.4 Å². The predicted octanol–water partition coefficient (Wildman–Crippen LogP) is 1.62. The molecule has 2 rings (SSSR count). The molecular formula is C16H17N3O3. The van der Waals surface area contributed by atoms with Gasteiger partial charge in [-0.25, -0.2) is 5.84 Å². The molecule has 0 fully saturated rings. The minimum absolute atomic E-state index is 0.115. The quantitative estimate of drug-likeness (QED) is 0.444. The van der Waals surface area contributed by atoms with Crippen molar-refractivity contribution in [3.63, 3.8) is 0 Å². The van der Waals surface area contributed by atoms with Crippen molar-refractivity contribution >= 4 is 17.5 Å². The number of nitrogen functional groups attached to an aromatic ring is 1. The molecule has 22 heavy (non-hydrogen) atoms. The molecule has 0 atom stereocenters. The number of hydrogen-bond donors (Lipinski definition) is 3. The van der Waals surface area contributed by atoms with Gasteiger partial charge in [0.25, 0.3) is 11.8 Å². The number of hydrogen-bond acceptors (Lipinski definition) is 4. The summed E-state index contributed by atoms with van der Waals surface area (Å²) in [5.41, 5.74) is 4.24. The predicted molar refractivity (Wildman–Crippen MR) is 83.4 cm³/mol. The van der Waals surface area contributed by atoms with E-state index in [1.54, 1.807) is 24.3 Å². The number of hydrazine groups is 1. The minimum atomic E-state index is -0.385. The van der Waals surface area contributed by atoms with E-state index in [0.717, 1.165) is 11.3 Å². The highest BCUT2D eigenvalue weighted by atomic mass is 16.5. The van der Waals surface area contributed by atoms with Crippen LogP contribution >= 0.6 is 0 Å². The Balaban J connectivity index is 1.87. The van der Waals surface area contributed by atoms with Crippen LogP contribution in [0.25, 0.3) is 0 Å². The van der Waals surface area contributed by atoms with E-state index in [-0.39, 0.29) is 18.4 Å². The average molecular weight is 299 g/mol. The van der Waals surface area contributed by atoms with Gasteiger partial charge >= 0.3 is 0 Å². The summed E-state index contributed by atoms with van der Waals surface area (Å²) in [7, 11) is 0. The summed E-state index contributed by atoms with van der Waals surface area (Å²) in [4.78, 5) is 23.1. The standard InChI is InChI=1S/C16H17N3O3/c1-11-3-2-4-13(9-11)18-15(20)10-22-14-7-5-12(6-8-14)16(21)19-17/h2-9H,10,17H2,1H3,(H,18,20)(H,19,21). The van der Waals surface area contributed by atoms with Gasteiger partial charge in [0.15, 0.2) is 6.61 Å². The Kier molecular flexibility index (Phi) is 5.11. The number of ether oxygens (including phenoxy) is 1. The summed E-state index contributed by atoms with van der Waals surface area (Å²) in [6, 6.07) is 13.8. The van der Waals surface area contributed by atoms with E-state index in [1.807, 2.05) is 36.6 Å². The highest BCUT2D eigenvalue weighted by molar-refractivity contribution is 5.94. The molecule has 2 aromatic rings. The zero-order valence-corrected chi connectivity index (χ0v) is 12.1. The number of benzene rings is 2. The molecule has 0 heterocycles. The van der Waals surface area contributed by atoms with Crippen LogP contribution in [0.4, 0.5) is 5.69 Å². The SMILES string of the molecule is Cc1cccc(NC(=O)COc2ccc(C(=O)NN)cc2)c1. The van der Waals surface area contributed by atoms with Crippen molar-refractivity contribution in [1.29, 1.82) is 0 Å². The first-order chi connectivity index (χ1) is 10.6. The maximum absolute atomic E-state index is 11.8. The van der Waals surface area contributed by atoms with Gasteiger partial charge in [-0.3, -0.25) is 15.0 Å². The van der Waals surface area contributed by atoms with Crippen molar-refractivity contribution < 1.29 is 14.3 Å². The van der Waals surface area contributed by atoms with E-state index in [9.17, 15) is 9.59 Å². The van der Waals surface area contributed by atoms with Gasteiger partial charge < -0.3 is 10.1 Å². The van der Waals surface area contributed by atoms with Crippen LogP contribution in [0.15, 0.2) is 48.5 Å². The third kappa shape index (κ3) is 4.32. The second-order valence-corrected chi connectivity index (χ2v) is 4.70. The van der Waals surface area contributed by atoms with Gasteiger partial charge in [0.05, 0.1) is 0 Å². The smallest absolute Gasteiger partial charge is 0.265 e. The Morgan fingerprint density at radius 2 is 1.86 bits per heavy atom. The van der Waals surface area contributed by atoms with Crippen LogP contribution in [-0.2, 0) is 4.79 Å². The largest absolute Gasteiger partial charge is 0.484 e. The molecule has 6 nitrogen and oxygen atoms in total. The Morgan fingerprint density at radius 1 is 1.14 bits per heavy atom. The van der Waals surface area contributed by atoms with Crippen LogP contribution in [0.2, 0.25) is 0 Å². The van der Waals surface area contributed by atoms with Crippen molar-refractivity contribution in [2.24, 2.45) is 5.84 Å². The maximum Gasteiger partial charge on any atom is 0.265 e. The summed E-state index contributed by atoms with van der Waals surface area (Å²) < 4.78 is 5.36. The van der Waals surface area contributed by atoms with Crippen LogP contribution in [0.1, 0.15) is 15.9 Å². The molecule has 0 unspecified atom stereocenters. The van der Waals surface area contributed by atoms with Crippen molar-refractivity contribution in [2.75, 3.05) is 11.9 Å². The van der Waals surface area contributed by atoms with Crippen LogP contribution in [0.3, 0.4) is 0 Å². The van der Waals surface area contributed by atoms with E-state index >= 15 is 0 Å². The van der Waals surface area contributed by atoms with Crippen molar-refractivity contribution in [2.45, 2.75) is 6.92 Å². The number of nitrogens with two attached hydrogens (primary N) is 1. The van der Waals surface area contributed by atoms with Gasteiger partial charge in [-0.2, -0.15) is 0 Å². The third-order valence-corrected chi connectivity index (χ3v) is 2.92. The lowest BCUT2D eigenvalue weighted by molar-refractivity contribution is -0.118. The highest BCUT2D eigenvalue weighted by Crippen LogP contribution is 2.13. The fraction of sp³-hybridized carbons (Fsp3) is 0.125. The lowest BCUT2D eigenvalue weighted by Crippen LogP contribution is -2.29. The molecule has 2 aromatic carbocycles. The summed E-state index contributed by atoms with van der Waals surface area (Å²) >= 11 is 0. The monoisotopic (exact) mass is 299 g/mol. The van der Waals surface area contributed by atoms with Gasteiger partial charge in [-0.15, -0.1) is 0 Å². The number of anilines is 1. The number of carbonyl (C=O) groups excluding carboxylic acids is 2. The van der Waals surface area contributed by atoms with E-state index in [1.165, 1.54) is 0 Å². The van der Waals surface area contributed by atoms with Crippen LogP contribution in [0, 0.1) is 6.92 Å². The first kappa shape index (κ1) is 15.5. The molecule has 0 saturated heterocycles. The van der Waals surface area contributed by atoms with Crippen molar-refractivity contribution in [3.8, 4) is 5.75 Å². The summed E-state index contributed by atoms with van der Waals surface area (Å²) in [6.07, 6.45) is 0. The lowest BCUT2D eigenvalue weighted by Gasteiger charge is -2.08. The molecule has 4 N–H and O–H groups in total. The second kappa shape index (κ2) is 7.24. The summed E-state index contributed by atoms with van der Waals surface area (Å²) in [5, 5.41) is 2.75. The number of nitrogens with one attached hydrogen (secondary N) is 2. The molecule has 0 bridgehead atoms. The van der Waals surface area contributed by atoms with E-state index in [0.29, 0.717) is 11.3 Å². The molecule has 6 heteroatoms. The molecule has 2 amide bonds. The van der Waals surface area contributed by atoms with Crippen LogP contribution in [0.5, 0.6) is 5.75 Å². The normalized spacial score (nSPS) is 9.91. The third-order valence-electron chi connectivity index (χ3n) is 2.92. The minimum Gasteiger partial charge on any atom is -0.484 e. The van der Waals surface area contributed by atoms with Gasteiger partial charge in [-0.1, -0.05) is 12.1 Å². The lowest BCUT2D eigenvalue weighted by atomic mass is 10.2. The molecular weight excluding hydrogens is 282 g/mol. The van der Waals surface area contributed by atoms with Gasteiger partial charge in [0.2, 0.25) is 0 Å².